The fourth-order valence-electron chi connectivity index (χ4n) is 4.22. The van der Waals surface area contributed by atoms with Crippen molar-refractivity contribution in [2.75, 3.05) is 10.6 Å². The first-order valence-corrected chi connectivity index (χ1v) is 12.4. The fraction of sp³-hybridized carbons (Fsp3) is 0.192. The Morgan fingerprint density at radius 2 is 1.93 bits per heavy atom. The number of benzene rings is 2. The molecule has 2 aromatic carbocycles. The highest BCUT2D eigenvalue weighted by molar-refractivity contribution is 6.14. The van der Waals surface area contributed by atoms with Crippen molar-refractivity contribution in [3.05, 3.63) is 71.3 Å². The molecule has 6 rings (SSSR count). The van der Waals surface area contributed by atoms with Crippen molar-refractivity contribution in [3.8, 4) is 16.9 Å². The summed E-state index contributed by atoms with van der Waals surface area (Å²) >= 11 is 0. The van der Waals surface area contributed by atoms with Gasteiger partial charge in [0.15, 0.2) is 5.65 Å². The summed E-state index contributed by atoms with van der Waals surface area (Å²) in [4.78, 5) is 32.6. The van der Waals surface area contributed by atoms with Gasteiger partial charge >= 0.3 is 12.4 Å². The van der Waals surface area contributed by atoms with Crippen molar-refractivity contribution in [2.24, 2.45) is 0 Å². The molecule has 11 nitrogen and oxygen atoms in total. The fourth-order valence-corrected chi connectivity index (χ4v) is 4.22. The van der Waals surface area contributed by atoms with Crippen LogP contribution in [0.1, 0.15) is 24.0 Å². The highest BCUT2D eigenvalue weighted by atomic mass is 19.4. The van der Waals surface area contributed by atoms with Crippen LogP contribution < -0.4 is 26.0 Å². The van der Waals surface area contributed by atoms with Crippen LogP contribution in [0.2, 0.25) is 0 Å². The second-order valence-electron chi connectivity index (χ2n) is 9.32. The second kappa shape index (κ2) is 10.1. The normalized spacial score (nSPS) is 16.1. The number of fused-ring (bicyclic) bond motifs is 1. The average Bonchev–Trinajstić information content (AvgIpc) is 3.55. The molecule has 41 heavy (non-hydrogen) atoms. The van der Waals surface area contributed by atoms with Gasteiger partial charge in [0.1, 0.15) is 17.3 Å². The number of amides is 3. The van der Waals surface area contributed by atoms with Gasteiger partial charge in [-0.15, -0.1) is 13.2 Å². The lowest BCUT2D eigenvalue weighted by Gasteiger charge is -2.14. The van der Waals surface area contributed by atoms with E-state index in [1.54, 1.807) is 6.07 Å². The van der Waals surface area contributed by atoms with Crippen molar-refractivity contribution < 1.29 is 31.9 Å². The Bertz CT molecular complexity index is 1710. The molecular formula is C26H20F4N8O3. The van der Waals surface area contributed by atoms with E-state index in [4.69, 9.17) is 0 Å². The lowest BCUT2D eigenvalue weighted by Crippen LogP contribution is -2.22. The molecule has 0 atom stereocenters. The molecule has 2 aliphatic rings. The summed E-state index contributed by atoms with van der Waals surface area (Å²) in [6.45, 7) is 0.0854. The molecule has 1 aliphatic heterocycles. The first-order chi connectivity index (χ1) is 19.6. The molecule has 1 aliphatic carbocycles. The lowest BCUT2D eigenvalue weighted by atomic mass is 9.99. The third-order valence-corrected chi connectivity index (χ3v) is 6.21. The van der Waals surface area contributed by atoms with Crippen molar-refractivity contribution >= 4 is 35.6 Å². The molecule has 0 bridgehead atoms. The SMILES string of the molecule is O=C1NC(=O)/C(=C/c2cnn3c(NC4CC4)nc(NCc4ccc(F)cc4-c4cccc(OC(F)(F)F)c4)nc23)N1. The Hall–Kier alpha value is -5.21. The number of aromatic nitrogens is 4. The summed E-state index contributed by atoms with van der Waals surface area (Å²) in [5.74, 6) is -1.03. The van der Waals surface area contributed by atoms with Crippen LogP contribution >= 0.6 is 0 Å². The van der Waals surface area contributed by atoms with E-state index in [-0.39, 0.29) is 24.2 Å². The number of halogens is 4. The van der Waals surface area contributed by atoms with Gasteiger partial charge in [-0.2, -0.15) is 19.6 Å². The van der Waals surface area contributed by atoms with Crippen LogP contribution in [0.25, 0.3) is 22.9 Å². The molecule has 1 saturated carbocycles. The summed E-state index contributed by atoms with van der Waals surface area (Å²) in [6, 6.07) is 8.80. The van der Waals surface area contributed by atoms with Gasteiger partial charge in [0.25, 0.3) is 5.91 Å². The zero-order chi connectivity index (χ0) is 28.7. The molecule has 0 unspecified atom stereocenters. The molecule has 4 N–H and O–H groups in total. The maximum atomic E-state index is 14.2. The first kappa shape index (κ1) is 26.0. The van der Waals surface area contributed by atoms with Crippen molar-refractivity contribution in [3.63, 3.8) is 0 Å². The van der Waals surface area contributed by atoms with Crippen LogP contribution in [0.4, 0.5) is 34.3 Å². The molecule has 210 valence electrons. The van der Waals surface area contributed by atoms with E-state index in [1.165, 1.54) is 47.1 Å². The minimum atomic E-state index is -4.87. The molecule has 2 aromatic heterocycles. The maximum absolute atomic E-state index is 14.2. The summed E-state index contributed by atoms with van der Waals surface area (Å²) in [5.41, 5.74) is 2.02. The van der Waals surface area contributed by atoms with E-state index in [0.29, 0.717) is 33.8 Å². The van der Waals surface area contributed by atoms with Crippen molar-refractivity contribution in [2.45, 2.75) is 31.8 Å². The maximum Gasteiger partial charge on any atom is 0.573 e. The van der Waals surface area contributed by atoms with Gasteiger partial charge in [-0.3, -0.25) is 10.1 Å². The number of carbonyl (C=O) groups excluding carboxylic acids is 2. The molecule has 0 radical (unpaired) electrons. The van der Waals surface area contributed by atoms with E-state index >= 15 is 0 Å². The van der Waals surface area contributed by atoms with Gasteiger partial charge < -0.3 is 20.7 Å². The van der Waals surface area contributed by atoms with Crippen molar-refractivity contribution in [1.82, 2.24) is 30.2 Å². The summed E-state index contributed by atoms with van der Waals surface area (Å²) in [6.07, 6.45) is -0.0504. The Morgan fingerprint density at radius 3 is 2.66 bits per heavy atom. The van der Waals surface area contributed by atoms with E-state index in [1.807, 2.05) is 0 Å². The topological polar surface area (TPSA) is 135 Å². The van der Waals surface area contributed by atoms with Crippen LogP contribution in [0, 0.1) is 5.82 Å². The predicted molar refractivity (Wildman–Crippen MR) is 138 cm³/mol. The van der Waals surface area contributed by atoms with E-state index in [0.717, 1.165) is 18.9 Å². The van der Waals surface area contributed by atoms with Crippen LogP contribution in [-0.2, 0) is 11.3 Å². The largest absolute Gasteiger partial charge is 0.573 e. The first-order valence-electron chi connectivity index (χ1n) is 12.4. The summed E-state index contributed by atoms with van der Waals surface area (Å²) in [5, 5.41) is 15.2. The monoisotopic (exact) mass is 568 g/mol. The Kier molecular flexibility index (Phi) is 6.40. The van der Waals surface area contributed by atoms with Crippen molar-refractivity contribution in [1.29, 1.82) is 0 Å². The number of imide groups is 1. The van der Waals surface area contributed by atoms with Gasteiger partial charge in [-0.1, -0.05) is 18.2 Å². The van der Waals surface area contributed by atoms with Crippen LogP contribution in [0.3, 0.4) is 0 Å². The predicted octanol–water partition coefficient (Wildman–Crippen LogP) is 4.20. The van der Waals surface area contributed by atoms with Crippen LogP contribution in [0.15, 0.2) is 54.4 Å². The molecular weight excluding hydrogens is 548 g/mol. The number of rotatable bonds is 8. The molecule has 0 spiro atoms. The third-order valence-electron chi connectivity index (χ3n) is 6.21. The number of alkyl halides is 3. The average molecular weight is 568 g/mol. The third kappa shape index (κ3) is 5.88. The smallest absolute Gasteiger partial charge is 0.406 e. The van der Waals surface area contributed by atoms with Gasteiger partial charge in [-0.25, -0.2) is 9.18 Å². The number of hydrogen-bond donors (Lipinski definition) is 4. The van der Waals surface area contributed by atoms with Gasteiger partial charge in [0, 0.05) is 18.2 Å². The zero-order valence-corrected chi connectivity index (χ0v) is 20.9. The lowest BCUT2D eigenvalue weighted by molar-refractivity contribution is -0.274. The van der Waals surface area contributed by atoms with Gasteiger partial charge in [0.2, 0.25) is 11.9 Å². The number of anilines is 2. The Morgan fingerprint density at radius 1 is 1.10 bits per heavy atom. The molecule has 15 heteroatoms. The molecule has 3 heterocycles. The Balaban J connectivity index is 1.32. The highest BCUT2D eigenvalue weighted by Gasteiger charge is 2.31. The number of nitrogens with one attached hydrogen (secondary N) is 4. The van der Waals surface area contributed by atoms with Gasteiger partial charge in [0.05, 0.1) is 6.20 Å². The summed E-state index contributed by atoms with van der Waals surface area (Å²) in [7, 11) is 0. The van der Waals surface area contributed by atoms with E-state index in [9.17, 15) is 27.2 Å². The number of hydrogen-bond acceptors (Lipinski definition) is 8. The zero-order valence-electron chi connectivity index (χ0n) is 20.9. The van der Waals surface area contributed by atoms with Gasteiger partial charge in [-0.05, 0) is 59.9 Å². The van der Waals surface area contributed by atoms with Crippen LogP contribution in [0.5, 0.6) is 5.75 Å². The second-order valence-corrected chi connectivity index (χ2v) is 9.32. The number of nitrogens with zero attached hydrogens (tertiary/aromatic N) is 4. The minimum absolute atomic E-state index is 0.0300. The standard InChI is InChI=1S/C26H20F4N8O3/c27-16-5-4-14(19(10-16)13-2-1-3-18(8-13)41-26(28,29)30)11-31-23-35-21-15(9-20-22(39)36-25(40)34-20)12-32-38(21)24(37-23)33-17-6-7-17/h1-5,8-10,12,17H,6-7,11H2,(H2,31,33,35,37)(H2,34,36,39,40)/b20-9-. The number of carbonyl (C=O) groups is 2. The molecule has 3 amide bonds. The minimum Gasteiger partial charge on any atom is -0.406 e. The quantitative estimate of drug-likeness (QED) is 0.141. The molecule has 2 fully saturated rings. The van der Waals surface area contributed by atoms with E-state index < -0.39 is 29.9 Å². The van der Waals surface area contributed by atoms with Crippen LogP contribution in [-0.4, -0.2) is 43.9 Å². The summed E-state index contributed by atoms with van der Waals surface area (Å²) < 4.78 is 58.0. The number of urea groups is 1. The Labute approximate surface area is 228 Å². The highest BCUT2D eigenvalue weighted by Crippen LogP contribution is 2.31. The molecule has 1 saturated heterocycles. The number of ether oxygens (including phenoxy) is 1. The van der Waals surface area contributed by atoms with E-state index in [2.05, 4.69) is 41.1 Å². The molecule has 4 aromatic rings.